The van der Waals surface area contributed by atoms with E-state index < -0.39 is 60.9 Å². The van der Waals surface area contributed by atoms with Crippen LogP contribution in [0.4, 0.5) is 0 Å². The Kier molecular flexibility index (Phi) is 9.32. The molecule has 0 aliphatic carbocycles. The summed E-state index contributed by atoms with van der Waals surface area (Å²) in [7, 11) is 0. The number of nitrogens with one attached hydrogen (secondary N) is 1. The molecule has 0 unspecified atom stereocenters. The van der Waals surface area contributed by atoms with Crippen LogP contribution in [0.5, 0.6) is 0 Å². The lowest BCUT2D eigenvalue weighted by atomic mass is 10.0. The summed E-state index contributed by atoms with van der Waals surface area (Å²) in [5.74, 6) is -4.27. The molecule has 0 amide bonds. The highest BCUT2D eigenvalue weighted by Gasteiger charge is 2.46. The van der Waals surface area contributed by atoms with Gasteiger partial charge in [-0.05, 0) is 0 Å². The smallest absolute Gasteiger partial charge is 0.303 e. The van der Waals surface area contributed by atoms with Gasteiger partial charge in [0.25, 0.3) is 0 Å². The van der Waals surface area contributed by atoms with Gasteiger partial charge in [-0.2, -0.15) is 5.21 Å². The molecule has 0 aliphatic heterocycles. The maximum absolute atomic E-state index is 11.8. The number of tetrazole rings is 1. The monoisotopic (exact) mass is 430 g/mol. The average Bonchev–Trinajstić information content (AvgIpc) is 3.13. The topological polar surface area (TPSA) is 186 Å². The van der Waals surface area contributed by atoms with Gasteiger partial charge in [0.05, 0.1) is 0 Å². The van der Waals surface area contributed by atoms with E-state index in [1.54, 1.807) is 0 Å². The lowest BCUT2D eigenvalue weighted by molar-refractivity contribution is -0.204. The van der Waals surface area contributed by atoms with Crippen molar-refractivity contribution in [1.29, 1.82) is 0 Å². The van der Waals surface area contributed by atoms with Crippen molar-refractivity contribution in [2.45, 2.75) is 59.0 Å². The molecular weight excluding hydrogens is 408 g/mol. The van der Waals surface area contributed by atoms with Crippen molar-refractivity contribution in [1.82, 2.24) is 20.6 Å². The van der Waals surface area contributed by atoms with Crippen LogP contribution in [0.2, 0.25) is 0 Å². The van der Waals surface area contributed by atoms with Crippen molar-refractivity contribution in [2.24, 2.45) is 0 Å². The lowest BCUT2D eigenvalue weighted by Crippen LogP contribution is -2.50. The first-order valence-corrected chi connectivity index (χ1v) is 8.56. The summed E-state index contributed by atoms with van der Waals surface area (Å²) in [6.45, 7) is 4.78. The molecule has 1 aromatic heterocycles. The minimum atomic E-state index is -1.59. The zero-order valence-electron chi connectivity index (χ0n) is 16.9. The molecule has 0 spiro atoms. The maximum Gasteiger partial charge on any atom is 0.303 e. The van der Waals surface area contributed by atoms with Crippen LogP contribution in [0.15, 0.2) is 0 Å². The van der Waals surface area contributed by atoms with Gasteiger partial charge in [0.15, 0.2) is 18.3 Å². The summed E-state index contributed by atoms with van der Waals surface area (Å²) in [5, 5.41) is 12.9. The number of nitrogens with zero attached hydrogens (tertiary/aromatic N) is 3. The fraction of sp³-hybridized carbons (Fsp3) is 0.625. The van der Waals surface area contributed by atoms with Gasteiger partial charge in [0.2, 0.25) is 11.9 Å². The van der Waals surface area contributed by atoms with Gasteiger partial charge in [-0.1, -0.05) is 5.21 Å². The second kappa shape index (κ2) is 11.4. The van der Waals surface area contributed by atoms with Gasteiger partial charge in [-0.3, -0.25) is 24.0 Å². The Morgan fingerprint density at radius 1 is 0.767 bits per heavy atom. The van der Waals surface area contributed by atoms with E-state index in [0.29, 0.717) is 0 Å². The molecule has 30 heavy (non-hydrogen) atoms. The number of carbonyl (C=O) groups excluding carboxylic acids is 5. The lowest BCUT2D eigenvalue weighted by Gasteiger charge is -2.34. The summed E-state index contributed by atoms with van der Waals surface area (Å²) in [4.78, 5) is 57.9. The van der Waals surface area contributed by atoms with Gasteiger partial charge >= 0.3 is 29.8 Å². The predicted molar refractivity (Wildman–Crippen MR) is 92.0 cm³/mol. The quantitative estimate of drug-likeness (QED) is 0.358. The molecule has 0 aliphatic rings. The van der Waals surface area contributed by atoms with Crippen LogP contribution in [-0.2, 0) is 47.7 Å². The third-order valence-electron chi connectivity index (χ3n) is 3.27. The first-order valence-electron chi connectivity index (χ1n) is 8.56. The number of rotatable bonds is 10. The van der Waals surface area contributed by atoms with Crippen LogP contribution in [-0.4, -0.2) is 75.4 Å². The number of hydrogen-bond donors (Lipinski definition) is 1. The molecule has 1 rings (SSSR count). The molecule has 14 nitrogen and oxygen atoms in total. The van der Waals surface area contributed by atoms with Crippen molar-refractivity contribution < 1.29 is 47.7 Å². The zero-order valence-corrected chi connectivity index (χ0v) is 16.9. The minimum absolute atomic E-state index is 0.220. The predicted octanol–water partition coefficient (Wildman–Crippen LogP) is -0.838. The summed E-state index contributed by atoms with van der Waals surface area (Å²) in [6.07, 6.45) is -6.10. The third-order valence-corrected chi connectivity index (χ3v) is 3.27. The highest BCUT2D eigenvalue weighted by atomic mass is 16.6. The van der Waals surface area contributed by atoms with Crippen molar-refractivity contribution in [2.75, 3.05) is 6.61 Å². The molecule has 1 heterocycles. The molecule has 0 bridgehead atoms. The third kappa shape index (κ3) is 8.20. The number of aromatic nitrogens is 4. The molecule has 166 valence electrons. The molecule has 0 aromatic carbocycles. The average molecular weight is 430 g/mol. The Hall–Kier alpha value is -3.58. The summed E-state index contributed by atoms with van der Waals surface area (Å²) < 4.78 is 25.6. The van der Waals surface area contributed by atoms with Gasteiger partial charge in [-0.15, -0.1) is 10.2 Å². The van der Waals surface area contributed by atoms with Crippen LogP contribution < -0.4 is 0 Å². The van der Waals surface area contributed by atoms with E-state index in [2.05, 4.69) is 20.6 Å². The van der Waals surface area contributed by atoms with Crippen LogP contribution in [0.25, 0.3) is 0 Å². The fourth-order valence-electron chi connectivity index (χ4n) is 2.38. The first kappa shape index (κ1) is 24.5. The van der Waals surface area contributed by atoms with E-state index in [-0.39, 0.29) is 5.82 Å². The van der Waals surface area contributed by atoms with E-state index in [4.69, 9.17) is 23.7 Å². The Bertz CT molecular complexity index is 766. The highest BCUT2D eigenvalue weighted by molar-refractivity contribution is 5.69. The number of carbonyl (C=O) groups is 5. The minimum Gasteiger partial charge on any atom is -0.462 e. The molecule has 0 saturated heterocycles. The van der Waals surface area contributed by atoms with E-state index in [1.807, 2.05) is 0 Å². The second-order valence-electron chi connectivity index (χ2n) is 5.90. The van der Waals surface area contributed by atoms with Gasteiger partial charge in [0, 0.05) is 34.6 Å². The summed E-state index contributed by atoms with van der Waals surface area (Å²) in [5.41, 5.74) is 0. The summed E-state index contributed by atoms with van der Waals surface area (Å²) in [6, 6.07) is 0. The Morgan fingerprint density at radius 3 is 1.73 bits per heavy atom. The first-order chi connectivity index (χ1) is 14.0. The van der Waals surface area contributed by atoms with Crippen LogP contribution in [0, 0.1) is 0 Å². The second-order valence-corrected chi connectivity index (χ2v) is 5.90. The Balaban J connectivity index is 3.47. The number of H-pyrrole nitrogens is 1. The van der Waals surface area contributed by atoms with Crippen molar-refractivity contribution in [3.63, 3.8) is 0 Å². The zero-order chi connectivity index (χ0) is 22.8. The SMILES string of the molecule is CC(=O)OC[C@@H](OC(C)=O)[C@@H](OC(C)=O)[C@H](OC(C)=O)[C@@H](OC(C)=O)c1nn[nH]n1. The molecule has 0 fully saturated rings. The van der Waals surface area contributed by atoms with Gasteiger partial charge in [0.1, 0.15) is 6.61 Å². The molecule has 1 N–H and O–H groups in total. The van der Waals surface area contributed by atoms with Gasteiger partial charge in [-0.25, -0.2) is 0 Å². The normalized spacial score (nSPS) is 14.4. The van der Waals surface area contributed by atoms with Crippen LogP contribution >= 0.6 is 0 Å². The standard InChI is InChI=1S/C16H22N4O10/c1-7(21)26-6-12(27-8(2)22)13(28-9(3)23)14(29-10(4)24)15(30-11(5)25)16-17-19-20-18-16/h12-15H,6H2,1-5H3,(H,17,18,19,20)/t12-,13-,14+,15-/m1/s1. The van der Waals surface area contributed by atoms with Crippen LogP contribution in [0.3, 0.4) is 0 Å². The van der Waals surface area contributed by atoms with Gasteiger partial charge < -0.3 is 23.7 Å². The molecule has 4 atom stereocenters. The molecule has 0 radical (unpaired) electrons. The fourth-order valence-corrected chi connectivity index (χ4v) is 2.38. The number of ether oxygens (including phenoxy) is 5. The van der Waals surface area contributed by atoms with Crippen molar-refractivity contribution in [3.8, 4) is 0 Å². The Morgan fingerprint density at radius 2 is 1.30 bits per heavy atom. The van der Waals surface area contributed by atoms with Crippen LogP contribution in [0.1, 0.15) is 46.5 Å². The van der Waals surface area contributed by atoms with Crippen molar-refractivity contribution >= 4 is 29.8 Å². The number of hydrogen-bond acceptors (Lipinski definition) is 13. The Labute approximate surface area is 170 Å². The number of aromatic amines is 1. The maximum atomic E-state index is 11.8. The van der Waals surface area contributed by atoms with Crippen molar-refractivity contribution in [3.05, 3.63) is 5.82 Å². The van der Waals surface area contributed by atoms with E-state index in [0.717, 1.165) is 34.6 Å². The molecule has 14 heteroatoms. The van der Waals surface area contributed by atoms with E-state index in [1.165, 1.54) is 0 Å². The summed E-state index contributed by atoms with van der Waals surface area (Å²) >= 11 is 0. The largest absolute Gasteiger partial charge is 0.462 e. The molecule has 0 saturated carbocycles. The molecule has 1 aromatic rings. The molecular formula is C16H22N4O10. The van der Waals surface area contributed by atoms with E-state index in [9.17, 15) is 24.0 Å². The highest BCUT2D eigenvalue weighted by Crippen LogP contribution is 2.28. The number of esters is 5. The van der Waals surface area contributed by atoms with E-state index >= 15 is 0 Å².